The molecule has 0 aromatic heterocycles. The van der Waals surface area contributed by atoms with Crippen LogP contribution in [0.15, 0.2) is 42.0 Å². The third kappa shape index (κ3) is 3.50. The predicted molar refractivity (Wildman–Crippen MR) is 125 cm³/mol. The van der Waals surface area contributed by atoms with Gasteiger partial charge in [0.1, 0.15) is 0 Å². The van der Waals surface area contributed by atoms with Gasteiger partial charge in [-0.05, 0) is 74.1 Å². The van der Waals surface area contributed by atoms with E-state index in [1.807, 2.05) is 12.1 Å². The maximum Gasteiger partial charge on any atom is 0.0499 e. The van der Waals surface area contributed by atoms with Crippen molar-refractivity contribution in [3.63, 3.8) is 0 Å². The van der Waals surface area contributed by atoms with Gasteiger partial charge in [0.05, 0.1) is 0 Å². The largest absolute Gasteiger partial charge is 0.367 e. The van der Waals surface area contributed by atoms with Gasteiger partial charge in [-0.1, -0.05) is 40.9 Å². The number of piperidine rings is 1. The topological polar surface area (TPSA) is 6.48 Å². The number of benzene rings is 2. The number of likely N-dealkylation sites (tertiary alicyclic amines) is 1. The maximum absolute atomic E-state index is 6.58. The van der Waals surface area contributed by atoms with Crippen molar-refractivity contribution in [3.8, 4) is 11.1 Å². The van der Waals surface area contributed by atoms with Gasteiger partial charge in [0, 0.05) is 59.4 Å². The summed E-state index contributed by atoms with van der Waals surface area (Å²) in [6.45, 7) is 9.00. The van der Waals surface area contributed by atoms with E-state index in [1.54, 1.807) is 0 Å². The number of hydrogen-bond donors (Lipinski definition) is 0. The van der Waals surface area contributed by atoms with Crippen LogP contribution in [0.1, 0.15) is 43.7 Å². The summed E-state index contributed by atoms with van der Waals surface area (Å²) in [5.41, 5.74) is 8.30. The molecule has 5 rings (SSSR count). The molecule has 3 aliphatic rings. The lowest BCUT2D eigenvalue weighted by atomic mass is 9.86. The van der Waals surface area contributed by atoms with Gasteiger partial charge in [-0.15, -0.1) is 0 Å². The van der Waals surface area contributed by atoms with Crippen molar-refractivity contribution in [2.45, 2.75) is 45.1 Å². The highest BCUT2D eigenvalue weighted by molar-refractivity contribution is 6.36. The molecule has 0 bridgehead atoms. The molecular weight excluding hydrogens is 399 g/mol. The van der Waals surface area contributed by atoms with Crippen LogP contribution in [0.3, 0.4) is 0 Å². The molecular formula is C25H28Cl2N2. The summed E-state index contributed by atoms with van der Waals surface area (Å²) >= 11 is 12.7. The third-order valence-electron chi connectivity index (χ3n) is 6.81. The van der Waals surface area contributed by atoms with E-state index in [1.165, 1.54) is 60.3 Å². The van der Waals surface area contributed by atoms with E-state index in [4.69, 9.17) is 23.2 Å². The fraction of sp³-hybridized carbons (Fsp3) is 0.440. The normalized spacial score (nSPS) is 23.0. The van der Waals surface area contributed by atoms with Crippen molar-refractivity contribution < 1.29 is 0 Å². The average molecular weight is 427 g/mol. The van der Waals surface area contributed by atoms with Gasteiger partial charge < -0.3 is 4.90 Å². The fourth-order valence-corrected chi connectivity index (χ4v) is 5.99. The van der Waals surface area contributed by atoms with Crippen molar-refractivity contribution >= 4 is 28.9 Å². The lowest BCUT2D eigenvalue weighted by Crippen LogP contribution is -2.47. The second-order valence-electron chi connectivity index (χ2n) is 9.00. The van der Waals surface area contributed by atoms with Crippen molar-refractivity contribution in [2.75, 3.05) is 31.1 Å². The van der Waals surface area contributed by atoms with Crippen molar-refractivity contribution in [2.24, 2.45) is 0 Å². The molecule has 2 aromatic rings. The Kier molecular flexibility index (Phi) is 5.14. The Morgan fingerprint density at radius 1 is 1.14 bits per heavy atom. The minimum Gasteiger partial charge on any atom is -0.367 e. The van der Waals surface area contributed by atoms with Gasteiger partial charge >= 0.3 is 0 Å². The molecule has 0 aliphatic carbocycles. The molecule has 152 valence electrons. The monoisotopic (exact) mass is 426 g/mol. The summed E-state index contributed by atoms with van der Waals surface area (Å²) in [6, 6.07) is 11.3. The molecule has 0 N–H and O–H groups in total. The number of aryl methyl sites for hydroxylation is 1. The Morgan fingerprint density at radius 3 is 2.79 bits per heavy atom. The number of rotatable bonds is 3. The summed E-state index contributed by atoms with van der Waals surface area (Å²) in [4.78, 5) is 5.35. The lowest BCUT2D eigenvalue weighted by molar-refractivity contribution is 0.210. The van der Waals surface area contributed by atoms with Crippen molar-refractivity contribution in [1.29, 1.82) is 0 Å². The minimum absolute atomic E-state index is 0.590. The number of allylic oxidation sites excluding steroid dienone is 1. The summed E-state index contributed by atoms with van der Waals surface area (Å²) in [7, 11) is 0. The van der Waals surface area contributed by atoms with E-state index < -0.39 is 0 Å². The SMILES string of the molecule is CC(C)=CCN1CC[C@H]2[C@@H](C1)c1cc(-c3ccc(Cl)cc3Cl)cc3c1N2CCC3. The van der Waals surface area contributed by atoms with E-state index in [-0.39, 0.29) is 0 Å². The van der Waals surface area contributed by atoms with Gasteiger partial charge in [-0.3, -0.25) is 4.90 Å². The highest BCUT2D eigenvalue weighted by Gasteiger charge is 2.43. The molecule has 1 fully saturated rings. The molecule has 2 atom stereocenters. The van der Waals surface area contributed by atoms with E-state index in [0.717, 1.165) is 23.7 Å². The Labute approximate surface area is 184 Å². The molecule has 3 heterocycles. The van der Waals surface area contributed by atoms with Crippen LogP contribution in [-0.4, -0.2) is 37.1 Å². The Morgan fingerprint density at radius 2 is 2.00 bits per heavy atom. The molecule has 0 unspecified atom stereocenters. The Balaban J connectivity index is 1.55. The molecule has 0 radical (unpaired) electrons. The van der Waals surface area contributed by atoms with Crippen LogP contribution in [0, 0.1) is 0 Å². The zero-order chi connectivity index (χ0) is 20.1. The van der Waals surface area contributed by atoms with Crippen LogP contribution in [0.5, 0.6) is 0 Å². The zero-order valence-corrected chi connectivity index (χ0v) is 18.7. The van der Waals surface area contributed by atoms with Gasteiger partial charge in [0.2, 0.25) is 0 Å². The van der Waals surface area contributed by atoms with E-state index >= 15 is 0 Å². The van der Waals surface area contributed by atoms with Crippen LogP contribution < -0.4 is 4.90 Å². The summed E-state index contributed by atoms with van der Waals surface area (Å²) in [5.74, 6) is 0.590. The van der Waals surface area contributed by atoms with Crippen LogP contribution in [0.4, 0.5) is 5.69 Å². The number of anilines is 1. The minimum atomic E-state index is 0.590. The number of fused-ring (bicyclic) bond motifs is 3. The molecule has 1 saturated heterocycles. The molecule has 4 heteroatoms. The highest BCUT2D eigenvalue weighted by Crippen LogP contribution is 2.50. The maximum atomic E-state index is 6.58. The van der Waals surface area contributed by atoms with Crippen LogP contribution in [0.2, 0.25) is 10.0 Å². The van der Waals surface area contributed by atoms with Crippen LogP contribution in [-0.2, 0) is 6.42 Å². The summed E-state index contributed by atoms with van der Waals surface area (Å²) < 4.78 is 0. The molecule has 0 spiro atoms. The van der Waals surface area contributed by atoms with Gasteiger partial charge in [0.25, 0.3) is 0 Å². The van der Waals surface area contributed by atoms with E-state index in [2.05, 4.69) is 47.9 Å². The Hall–Kier alpha value is -1.48. The first-order chi connectivity index (χ1) is 14.0. The number of nitrogens with zero attached hydrogens (tertiary/aromatic N) is 2. The first-order valence-corrected chi connectivity index (χ1v) is 11.5. The lowest BCUT2D eigenvalue weighted by Gasteiger charge is -2.39. The fourth-order valence-electron chi connectivity index (χ4n) is 5.47. The molecule has 29 heavy (non-hydrogen) atoms. The molecule has 2 nitrogen and oxygen atoms in total. The highest BCUT2D eigenvalue weighted by atomic mass is 35.5. The van der Waals surface area contributed by atoms with E-state index in [0.29, 0.717) is 17.0 Å². The molecule has 3 aliphatic heterocycles. The first-order valence-electron chi connectivity index (χ1n) is 10.8. The molecule has 2 aromatic carbocycles. The van der Waals surface area contributed by atoms with Gasteiger partial charge in [0.15, 0.2) is 0 Å². The van der Waals surface area contributed by atoms with Gasteiger partial charge in [-0.2, -0.15) is 0 Å². The van der Waals surface area contributed by atoms with E-state index in [9.17, 15) is 0 Å². The predicted octanol–water partition coefficient (Wildman–Crippen LogP) is 6.55. The summed E-state index contributed by atoms with van der Waals surface area (Å²) in [6.07, 6.45) is 6.03. The molecule has 0 amide bonds. The standard InChI is InChI=1S/C25H28Cl2N2/c1-16(2)7-10-28-11-8-24-22(15-28)21-13-18(20-6-5-19(26)14-23(20)27)12-17-4-3-9-29(24)25(17)21/h5-7,12-14,22,24H,3-4,8-11,15H2,1-2H3/t22-,24-/m0/s1. The molecule has 0 saturated carbocycles. The second-order valence-corrected chi connectivity index (χ2v) is 9.84. The third-order valence-corrected chi connectivity index (χ3v) is 7.36. The van der Waals surface area contributed by atoms with Gasteiger partial charge in [-0.25, -0.2) is 0 Å². The van der Waals surface area contributed by atoms with Crippen molar-refractivity contribution in [3.05, 3.63) is 63.2 Å². The second kappa shape index (κ2) is 7.65. The Bertz CT molecular complexity index is 977. The smallest absolute Gasteiger partial charge is 0.0499 e. The van der Waals surface area contributed by atoms with Crippen LogP contribution >= 0.6 is 23.2 Å². The summed E-state index contributed by atoms with van der Waals surface area (Å²) in [5, 5.41) is 1.43. The number of halogens is 2. The van der Waals surface area contributed by atoms with Crippen LogP contribution in [0.25, 0.3) is 11.1 Å². The quantitative estimate of drug-likeness (QED) is 0.513. The zero-order valence-electron chi connectivity index (χ0n) is 17.2. The first kappa shape index (κ1) is 19.5. The number of hydrogen-bond acceptors (Lipinski definition) is 2. The average Bonchev–Trinajstić information content (AvgIpc) is 3.01. The van der Waals surface area contributed by atoms with Crippen molar-refractivity contribution in [1.82, 2.24) is 4.90 Å².